The number of benzene rings is 2. The van der Waals surface area contributed by atoms with E-state index >= 15 is 0 Å². The summed E-state index contributed by atoms with van der Waals surface area (Å²) in [5.41, 5.74) is 3.46. The Bertz CT molecular complexity index is 466. The van der Waals surface area contributed by atoms with Gasteiger partial charge in [-0.3, -0.25) is 0 Å². The van der Waals surface area contributed by atoms with Crippen LogP contribution in [0.1, 0.15) is 42.9 Å². The van der Waals surface area contributed by atoms with Crippen molar-refractivity contribution in [2.45, 2.75) is 37.3 Å². The molecule has 0 spiro atoms. The summed E-state index contributed by atoms with van der Waals surface area (Å²) in [6.45, 7) is 0. The van der Waals surface area contributed by atoms with Crippen LogP contribution in [0.5, 0.6) is 0 Å². The van der Waals surface area contributed by atoms with E-state index in [0.29, 0.717) is 0 Å². The lowest BCUT2D eigenvalue weighted by Crippen LogP contribution is -2.12. The van der Waals surface area contributed by atoms with E-state index in [1.807, 2.05) is 0 Å². The maximum absolute atomic E-state index is 6.44. The van der Waals surface area contributed by atoms with Gasteiger partial charge in [0.1, 0.15) is 0 Å². The molecule has 2 aromatic rings. The fourth-order valence-corrected chi connectivity index (χ4v) is 4.81. The SMILES string of the molecule is c1ccc(C(O[SiH2]C2CCCC2)c2ccccc2)cc1. The van der Waals surface area contributed by atoms with E-state index in [0.717, 1.165) is 5.54 Å². The van der Waals surface area contributed by atoms with Crippen molar-refractivity contribution in [3.8, 4) is 0 Å². The normalized spacial score (nSPS) is 16.4. The maximum Gasteiger partial charge on any atom is 0.165 e. The van der Waals surface area contributed by atoms with Gasteiger partial charge in [0.25, 0.3) is 0 Å². The second kappa shape index (κ2) is 6.87. The highest BCUT2D eigenvalue weighted by Gasteiger charge is 2.20. The van der Waals surface area contributed by atoms with Gasteiger partial charge in [0, 0.05) is 0 Å². The van der Waals surface area contributed by atoms with Gasteiger partial charge in [0.05, 0.1) is 6.10 Å². The van der Waals surface area contributed by atoms with Gasteiger partial charge in [0.2, 0.25) is 0 Å². The zero-order chi connectivity index (χ0) is 13.6. The minimum absolute atomic E-state index is 0.129. The number of hydrogen-bond acceptors (Lipinski definition) is 1. The first-order valence-corrected chi connectivity index (χ1v) is 9.04. The molecule has 0 saturated heterocycles. The van der Waals surface area contributed by atoms with Crippen LogP contribution in [0.2, 0.25) is 5.54 Å². The highest BCUT2D eigenvalue weighted by atomic mass is 28.2. The molecular weight excluding hydrogens is 260 g/mol. The van der Waals surface area contributed by atoms with Crippen molar-refractivity contribution < 1.29 is 4.43 Å². The van der Waals surface area contributed by atoms with Crippen LogP contribution < -0.4 is 0 Å². The van der Waals surface area contributed by atoms with Gasteiger partial charge in [-0.15, -0.1) is 0 Å². The third-order valence-electron chi connectivity index (χ3n) is 4.18. The first kappa shape index (κ1) is 13.6. The number of rotatable bonds is 5. The van der Waals surface area contributed by atoms with E-state index in [1.165, 1.54) is 36.8 Å². The topological polar surface area (TPSA) is 9.23 Å². The van der Waals surface area contributed by atoms with Gasteiger partial charge in [0.15, 0.2) is 9.76 Å². The molecule has 0 atom stereocenters. The third kappa shape index (κ3) is 3.38. The van der Waals surface area contributed by atoms with Crippen LogP contribution in [0.25, 0.3) is 0 Å². The van der Waals surface area contributed by atoms with Gasteiger partial charge in [-0.25, -0.2) is 0 Å². The molecule has 2 heteroatoms. The molecule has 104 valence electrons. The molecule has 1 saturated carbocycles. The van der Waals surface area contributed by atoms with Gasteiger partial charge < -0.3 is 4.43 Å². The summed E-state index contributed by atoms with van der Waals surface area (Å²) in [5.74, 6) is 0. The fourth-order valence-electron chi connectivity index (χ4n) is 3.05. The molecule has 1 nitrogen and oxygen atoms in total. The Morgan fingerprint density at radius 1 is 0.800 bits per heavy atom. The predicted molar refractivity (Wildman–Crippen MR) is 86.6 cm³/mol. The minimum atomic E-state index is -0.447. The Labute approximate surface area is 123 Å². The molecular formula is C18H22OSi. The van der Waals surface area contributed by atoms with E-state index in [-0.39, 0.29) is 6.10 Å². The summed E-state index contributed by atoms with van der Waals surface area (Å²) in [6.07, 6.45) is 5.72. The molecule has 0 radical (unpaired) electrons. The molecule has 0 bridgehead atoms. The Balaban J connectivity index is 1.76. The van der Waals surface area contributed by atoms with Crippen LogP contribution in [-0.2, 0) is 4.43 Å². The second-order valence-electron chi connectivity index (χ2n) is 5.69. The maximum atomic E-state index is 6.44. The Morgan fingerprint density at radius 2 is 1.30 bits per heavy atom. The van der Waals surface area contributed by atoms with Crippen LogP contribution in [-0.4, -0.2) is 9.76 Å². The number of hydrogen-bond donors (Lipinski definition) is 0. The van der Waals surface area contributed by atoms with E-state index < -0.39 is 9.76 Å². The van der Waals surface area contributed by atoms with Crippen molar-refractivity contribution in [2.24, 2.45) is 0 Å². The molecule has 2 aromatic carbocycles. The standard InChI is InChI=1S/C18H22OSi/c1-3-9-15(10-4-1)18(16-11-5-2-6-12-16)19-20-17-13-7-8-14-17/h1-6,9-12,17-18H,7-8,13-14,20H2. The second-order valence-corrected chi connectivity index (χ2v) is 7.51. The van der Waals surface area contributed by atoms with Crippen LogP contribution >= 0.6 is 0 Å². The lowest BCUT2D eigenvalue weighted by atomic mass is 10.0. The lowest BCUT2D eigenvalue weighted by Gasteiger charge is -2.21. The summed E-state index contributed by atoms with van der Waals surface area (Å²) in [7, 11) is -0.447. The van der Waals surface area contributed by atoms with E-state index in [9.17, 15) is 0 Å². The molecule has 1 fully saturated rings. The van der Waals surface area contributed by atoms with Crippen molar-refractivity contribution in [2.75, 3.05) is 0 Å². The van der Waals surface area contributed by atoms with Crippen LogP contribution in [0.4, 0.5) is 0 Å². The molecule has 3 rings (SSSR count). The Morgan fingerprint density at radius 3 is 1.80 bits per heavy atom. The average molecular weight is 282 g/mol. The zero-order valence-electron chi connectivity index (χ0n) is 11.9. The highest BCUT2D eigenvalue weighted by molar-refractivity contribution is 6.29. The van der Waals surface area contributed by atoms with E-state index in [1.54, 1.807) is 0 Å². The zero-order valence-corrected chi connectivity index (χ0v) is 13.3. The summed E-state index contributed by atoms with van der Waals surface area (Å²) >= 11 is 0. The summed E-state index contributed by atoms with van der Waals surface area (Å²) < 4.78 is 6.44. The minimum Gasteiger partial charge on any atom is -0.413 e. The molecule has 0 amide bonds. The van der Waals surface area contributed by atoms with Gasteiger partial charge in [-0.05, 0) is 16.7 Å². The first-order valence-electron chi connectivity index (χ1n) is 7.65. The van der Waals surface area contributed by atoms with E-state index in [4.69, 9.17) is 4.43 Å². The third-order valence-corrected chi connectivity index (χ3v) is 5.99. The van der Waals surface area contributed by atoms with Gasteiger partial charge in [-0.1, -0.05) is 86.3 Å². The highest BCUT2D eigenvalue weighted by Crippen LogP contribution is 2.32. The molecule has 1 aliphatic carbocycles. The van der Waals surface area contributed by atoms with Crippen LogP contribution in [0.3, 0.4) is 0 Å². The average Bonchev–Trinajstić information content (AvgIpc) is 3.03. The predicted octanol–water partition coefficient (Wildman–Crippen LogP) is 4.24. The van der Waals surface area contributed by atoms with Crippen molar-refractivity contribution >= 4 is 9.76 Å². The molecule has 0 unspecified atom stereocenters. The summed E-state index contributed by atoms with van der Waals surface area (Å²) in [6, 6.07) is 21.3. The summed E-state index contributed by atoms with van der Waals surface area (Å²) in [5, 5.41) is 0. The quantitative estimate of drug-likeness (QED) is 0.745. The molecule has 0 aromatic heterocycles. The van der Waals surface area contributed by atoms with Gasteiger partial charge in [-0.2, -0.15) is 0 Å². The van der Waals surface area contributed by atoms with Crippen molar-refractivity contribution in [3.63, 3.8) is 0 Å². The van der Waals surface area contributed by atoms with Crippen molar-refractivity contribution in [3.05, 3.63) is 71.8 Å². The van der Waals surface area contributed by atoms with Crippen LogP contribution in [0, 0.1) is 0 Å². The van der Waals surface area contributed by atoms with Crippen LogP contribution in [0.15, 0.2) is 60.7 Å². The first-order chi connectivity index (χ1) is 9.93. The van der Waals surface area contributed by atoms with Crippen molar-refractivity contribution in [1.29, 1.82) is 0 Å². The molecule has 0 N–H and O–H groups in total. The van der Waals surface area contributed by atoms with Crippen molar-refractivity contribution in [1.82, 2.24) is 0 Å². The monoisotopic (exact) mass is 282 g/mol. The smallest absolute Gasteiger partial charge is 0.165 e. The van der Waals surface area contributed by atoms with Gasteiger partial charge >= 0.3 is 0 Å². The largest absolute Gasteiger partial charge is 0.413 e. The molecule has 1 aliphatic rings. The molecule has 0 heterocycles. The molecule has 20 heavy (non-hydrogen) atoms. The summed E-state index contributed by atoms with van der Waals surface area (Å²) in [4.78, 5) is 0. The lowest BCUT2D eigenvalue weighted by molar-refractivity contribution is 0.255. The molecule has 0 aliphatic heterocycles. The Hall–Kier alpha value is -1.38. The van der Waals surface area contributed by atoms with E-state index in [2.05, 4.69) is 60.7 Å². The Kier molecular flexibility index (Phi) is 4.67. The fraction of sp³-hybridized carbons (Fsp3) is 0.333.